The number of benzene rings is 2. The number of fused-ring (bicyclic) bond motifs is 1. The van der Waals surface area contributed by atoms with Crippen LogP contribution in [0.1, 0.15) is 29.2 Å². The van der Waals surface area contributed by atoms with Gasteiger partial charge in [0.1, 0.15) is 16.6 Å². The minimum Gasteiger partial charge on any atom is -0.510 e. The number of aliphatic hydroxyl groups is 1. The summed E-state index contributed by atoms with van der Waals surface area (Å²) in [5, 5.41) is 19.9. The lowest BCUT2D eigenvalue weighted by atomic mass is 10.2. The Hall–Kier alpha value is -3.72. The Labute approximate surface area is 195 Å². The number of esters is 1. The number of aliphatic hydroxyl groups excluding tert-OH is 1. The van der Waals surface area contributed by atoms with Gasteiger partial charge < -0.3 is 19.6 Å². The SMILES string of the molecule is CCN(CC)C(=O)COC(=O)c1cccc(N2CC(O)=C(c3nc4ccccc4s3)C2=N)c1. The van der Waals surface area contributed by atoms with Gasteiger partial charge in [0.25, 0.3) is 5.91 Å². The van der Waals surface area contributed by atoms with Crippen molar-refractivity contribution in [1.82, 2.24) is 9.88 Å². The predicted octanol–water partition coefficient (Wildman–Crippen LogP) is 4.09. The van der Waals surface area contributed by atoms with Crippen molar-refractivity contribution in [2.75, 3.05) is 31.1 Å². The number of amidine groups is 1. The summed E-state index contributed by atoms with van der Waals surface area (Å²) in [7, 11) is 0. The van der Waals surface area contributed by atoms with Crippen molar-refractivity contribution < 1.29 is 19.4 Å². The summed E-state index contributed by atoms with van der Waals surface area (Å²) >= 11 is 1.42. The summed E-state index contributed by atoms with van der Waals surface area (Å²) in [5.74, 6) is -0.710. The van der Waals surface area contributed by atoms with Crippen LogP contribution in [0, 0.1) is 5.41 Å². The topological polar surface area (TPSA) is 107 Å². The van der Waals surface area contributed by atoms with Crippen molar-refractivity contribution >= 4 is 50.5 Å². The number of para-hydroxylation sites is 1. The molecule has 0 atom stereocenters. The number of rotatable bonds is 7. The quantitative estimate of drug-likeness (QED) is 0.510. The van der Waals surface area contributed by atoms with Crippen LogP contribution in [0.15, 0.2) is 54.3 Å². The lowest BCUT2D eigenvalue weighted by Gasteiger charge is -2.20. The third-order valence-corrected chi connectivity index (χ3v) is 6.50. The van der Waals surface area contributed by atoms with E-state index in [9.17, 15) is 14.7 Å². The fourth-order valence-electron chi connectivity index (χ4n) is 3.68. The van der Waals surface area contributed by atoms with Gasteiger partial charge in [0, 0.05) is 18.8 Å². The lowest BCUT2D eigenvalue weighted by Crippen LogP contribution is -2.34. The number of aromatic nitrogens is 1. The maximum Gasteiger partial charge on any atom is 0.338 e. The molecule has 0 radical (unpaired) electrons. The molecule has 3 aromatic rings. The molecule has 2 N–H and O–H groups in total. The zero-order valence-electron chi connectivity index (χ0n) is 18.4. The van der Waals surface area contributed by atoms with Crippen LogP contribution < -0.4 is 4.90 Å². The number of nitrogens with one attached hydrogen (secondary N) is 1. The number of nitrogens with zero attached hydrogens (tertiary/aromatic N) is 3. The first kappa shape index (κ1) is 22.5. The number of hydrogen-bond donors (Lipinski definition) is 2. The zero-order valence-corrected chi connectivity index (χ0v) is 19.2. The summed E-state index contributed by atoms with van der Waals surface area (Å²) in [4.78, 5) is 32.4. The van der Waals surface area contributed by atoms with Crippen LogP contribution >= 0.6 is 11.3 Å². The Morgan fingerprint density at radius 3 is 2.67 bits per heavy atom. The number of amides is 1. The van der Waals surface area contributed by atoms with Crippen molar-refractivity contribution in [3.63, 3.8) is 0 Å². The van der Waals surface area contributed by atoms with Gasteiger partial charge in [0.05, 0.1) is 27.9 Å². The van der Waals surface area contributed by atoms with Crippen LogP contribution in [-0.4, -0.2) is 58.9 Å². The highest BCUT2D eigenvalue weighted by atomic mass is 32.1. The molecular weight excluding hydrogens is 440 g/mol. The fraction of sp³-hybridized carbons (Fsp3) is 0.250. The number of carbonyl (C=O) groups is 2. The summed E-state index contributed by atoms with van der Waals surface area (Å²) < 4.78 is 6.17. The first-order chi connectivity index (χ1) is 15.9. The second-order valence-corrected chi connectivity index (χ2v) is 8.47. The van der Waals surface area contributed by atoms with Gasteiger partial charge in [-0.25, -0.2) is 9.78 Å². The molecule has 0 spiro atoms. The molecule has 4 rings (SSSR count). The maximum atomic E-state index is 12.5. The minimum atomic E-state index is -0.619. The van der Waals surface area contributed by atoms with E-state index in [2.05, 4.69) is 4.98 Å². The second-order valence-electron chi connectivity index (χ2n) is 7.44. The van der Waals surface area contributed by atoms with E-state index in [1.807, 2.05) is 38.1 Å². The summed E-state index contributed by atoms with van der Waals surface area (Å²) in [5.41, 5.74) is 2.02. The standard InChI is InChI=1S/C24H24N4O4S/c1-3-27(4-2)20(30)14-32-24(31)15-8-7-9-16(12-15)28-13-18(29)21(22(28)25)23-26-17-10-5-6-11-19(17)33-23/h5-12,25,29H,3-4,13-14H2,1-2H3. The number of thiazole rings is 1. The van der Waals surface area contributed by atoms with Gasteiger partial charge in [0.2, 0.25) is 0 Å². The average Bonchev–Trinajstić information content (AvgIpc) is 3.37. The van der Waals surface area contributed by atoms with Crippen LogP contribution in [0.2, 0.25) is 0 Å². The molecule has 0 saturated heterocycles. The molecule has 0 unspecified atom stereocenters. The highest BCUT2D eigenvalue weighted by Crippen LogP contribution is 2.35. The third kappa shape index (κ3) is 4.45. The molecule has 1 amide bonds. The molecule has 1 aliphatic heterocycles. The predicted molar refractivity (Wildman–Crippen MR) is 129 cm³/mol. The Balaban J connectivity index is 1.50. The van der Waals surface area contributed by atoms with E-state index < -0.39 is 5.97 Å². The Kier molecular flexibility index (Phi) is 6.41. The number of ether oxygens (including phenoxy) is 1. The molecule has 0 bridgehead atoms. The van der Waals surface area contributed by atoms with E-state index in [-0.39, 0.29) is 36.2 Å². The highest BCUT2D eigenvalue weighted by molar-refractivity contribution is 7.19. The molecule has 0 aliphatic carbocycles. The van der Waals surface area contributed by atoms with Gasteiger partial charge >= 0.3 is 5.97 Å². The van der Waals surface area contributed by atoms with Gasteiger partial charge in [-0.2, -0.15) is 0 Å². The van der Waals surface area contributed by atoms with Crippen LogP contribution in [0.25, 0.3) is 15.8 Å². The Morgan fingerprint density at radius 1 is 1.18 bits per heavy atom. The average molecular weight is 465 g/mol. The van der Waals surface area contributed by atoms with Gasteiger partial charge in [-0.05, 0) is 44.2 Å². The first-order valence-corrected chi connectivity index (χ1v) is 11.4. The smallest absolute Gasteiger partial charge is 0.338 e. The number of anilines is 1. The zero-order chi connectivity index (χ0) is 23.5. The number of hydrogen-bond acceptors (Lipinski definition) is 7. The van der Waals surface area contributed by atoms with Gasteiger partial charge in [-0.15, -0.1) is 11.3 Å². The molecule has 2 aromatic carbocycles. The van der Waals surface area contributed by atoms with E-state index in [1.165, 1.54) is 11.3 Å². The molecule has 2 heterocycles. The third-order valence-electron chi connectivity index (χ3n) is 5.45. The summed E-state index contributed by atoms with van der Waals surface area (Å²) in [6.07, 6.45) is 0. The van der Waals surface area contributed by atoms with E-state index in [0.29, 0.717) is 29.4 Å². The van der Waals surface area contributed by atoms with E-state index in [4.69, 9.17) is 10.1 Å². The molecule has 8 nitrogen and oxygen atoms in total. The molecule has 0 fully saturated rings. The molecule has 1 aliphatic rings. The minimum absolute atomic E-state index is 0.0526. The van der Waals surface area contributed by atoms with Gasteiger partial charge in [-0.3, -0.25) is 10.2 Å². The van der Waals surface area contributed by atoms with E-state index in [0.717, 1.165) is 10.2 Å². The monoisotopic (exact) mass is 464 g/mol. The van der Waals surface area contributed by atoms with E-state index in [1.54, 1.807) is 34.1 Å². The maximum absolute atomic E-state index is 12.5. The van der Waals surface area contributed by atoms with Crippen molar-refractivity contribution in [3.8, 4) is 0 Å². The second kappa shape index (κ2) is 9.41. The number of likely N-dealkylation sites (N-methyl/N-ethyl adjacent to an activating group) is 1. The molecule has 33 heavy (non-hydrogen) atoms. The molecule has 0 saturated carbocycles. The lowest BCUT2D eigenvalue weighted by molar-refractivity contribution is -0.134. The number of carbonyl (C=O) groups excluding carboxylic acids is 2. The van der Waals surface area contributed by atoms with E-state index >= 15 is 0 Å². The summed E-state index contributed by atoms with van der Waals surface area (Å²) in [6, 6.07) is 14.3. The van der Waals surface area contributed by atoms with Crippen molar-refractivity contribution in [1.29, 1.82) is 5.41 Å². The van der Waals surface area contributed by atoms with Crippen LogP contribution in [0.3, 0.4) is 0 Å². The largest absolute Gasteiger partial charge is 0.510 e. The van der Waals surface area contributed by atoms with Crippen molar-refractivity contribution in [2.45, 2.75) is 13.8 Å². The normalized spacial score (nSPS) is 13.6. The van der Waals surface area contributed by atoms with Crippen LogP contribution in [0.4, 0.5) is 5.69 Å². The first-order valence-electron chi connectivity index (χ1n) is 10.6. The fourth-order valence-corrected chi connectivity index (χ4v) is 4.72. The molecular formula is C24H24N4O4S. The van der Waals surface area contributed by atoms with Crippen LogP contribution in [0.5, 0.6) is 0 Å². The molecule has 1 aromatic heterocycles. The molecule has 170 valence electrons. The Bertz CT molecular complexity index is 1230. The van der Waals surface area contributed by atoms with Gasteiger partial charge in [-0.1, -0.05) is 18.2 Å². The Morgan fingerprint density at radius 2 is 1.94 bits per heavy atom. The highest BCUT2D eigenvalue weighted by Gasteiger charge is 2.31. The molecule has 9 heteroatoms. The summed E-state index contributed by atoms with van der Waals surface area (Å²) in [6.45, 7) is 4.60. The van der Waals surface area contributed by atoms with Gasteiger partial charge in [0.15, 0.2) is 6.61 Å². The van der Waals surface area contributed by atoms with Crippen molar-refractivity contribution in [2.24, 2.45) is 0 Å². The van der Waals surface area contributed by atoms with Crippen molar-refractivity contribution in [3.05, 3.63) is 64.9 Å². The van der Waals surface area contributed by atoms with Crippen LogP contribution in [-0.2, 0) is 9.53 Å².